The summed E-state index contributed by atoms with van der Waals surface area (Å²) >= 11 is 0. The topological polar surface area (TPSA) is 46.5 Å². The molecule has 0 heterocycles. The van der Waals surface area contributed by atoms with Crippen LogP contribution < -0.4 is 4.94 Å². The minimum absolute atomic E-state index is 0.232. The second kappa shape index (κ2) is 3.17. The molecule has 0 bridgehead atoms. The highest BCUT2D eigenvalue weighted by atomic mass is 19.3. The minimum Gasteiger partial charge on any atom is -0.478 e. The molecule has 0 aliphatic rings. The van der Waals surface area contributed by atoms with Crippen LogP contribution in [0.1, 0.15) is 10.4 Å². The molecule has 64 valence electrons. The first-order valence-corrected chi connectivity index (χ1v) is 2.96. The number of carboxylic acid groups (broad SMARTS) is 1. The Labute approximate surface area is 66.1 Å². The van der Waals surface area contributed by atoms with E-state index in [9.17, 15) is 13.7 Å². The highest BCUT2D eigenvalue weighted by Crippen LogP contribution is 2.18. The van der Waals surface area contributed by atoms with Crippen molar-refractivity contribution in [1.29, 1.82) is 0 Å². The van der Waals surface area contributed by atoms with E-state index in [1.54, 1.807) is 0 Å². The molecular weight excluding hydrogens is 170 g/mol. The first-order chi connectivity index (χ1) is 5.65. The van der Waals surface area contributed by atoms with Crippen LogP contribution in [0.25, 0.3) is 0 Å². The molecule has 0 aliphatic heterocycles. The lowest BCUT2D eigenvalue weighted by Gasteiger charge is -1.97. The summed E-state index contributed by atoms with van der Waals surface area (Å²) in [6.07, 6.45) is 0. The Balaban J connectivity index is 3.13. The van der Waals surface area contributed by atoms with Crippen LogP contribution in [0.2, 0.25) is 0 Å². The van der Waals surface area contributed by atoms with E-state index in [-0.39, 0.29) is 5.56 Å². The lowest BCUT2D eigenvalue weighted by Crippen LogP contribution is -1.97. The highest BCUT2D eigenvalue weighted by molar-refractivity contribution is 5.88. The molecule has 0 amide bonds. The van der Waals surface area contributed by atoms with Gasteiger partial charge in [0.25, 0.3) is 0 Å². The van der Waals surface area contributed by atoms with Crippen molar-refractivity contribution < 1.29 is 23.8 Å². The highest BCUT2D eigenvalue weighted by Gasteiger charge is 2.09. The molecule has 1 rings (SSSR count). The fraction of sp³-hybridized carbons (Fsp3) is 0. The number of hydrogen-bond donors (Lipinski definition) is 1. The average molecular weight is 174 g/mol. The van der Waals surface area contributed by atoms with Crippen LogP contribution in [-0.4, -0.2) is 11.1 Å². The van der Waals surface area contributed by atoms with Gasteiger partial charge in [-0.05, 0) is 12.1 Å². The third-order valence-electron chi connectivity index (χ3n) is 1.26. The van der Waals surface area contributed by atoms with Crippen LogP contribution in [0.3, 0.4) is 0 Å². The summed E-state index contributed by atoms with van der Waals surface area (Å²) in [5.41, 5.74) is -0.232. The first kappa shape index (κ1) is 8.45. The number of hydrogen-bond acceptors (Lipinski definition) is 2. The fourth-order valence-corrected chi connectivity index (χ4v) is 0.696. The van der Waals surface area contributed by atoms with Crippen molar-refractivity contribution in [3.63, 3.8) is 0 Å². The zero-order valence-electron chi connectivity index (χ0n) is 5.75. The normalized spacial score (nSPS) is 9.50. The lowest BCUT2D eigenvalue weighted by molar-refractivity contribution is -0.0108. The standard InChI is InChI=1S/C7H4F2O3/c8-5-2-1-4(7(10)11)3-6(5)12-9/h1-3H,(H,10,11). The Kier molecular flexibility index (Phi) is 2.23. The van der Waals surface area contributed by atoms with Crippen LogP contribution in [-0.2, 0) is 0 Å². The third kappa shape index (κ3) is 1.50. The van der Waals surface area contributed by atoms with E-state index in [4.69, 9.17) is 5.11 Å². The third-order valence-corrected chi connectivity index (χ3v) is 1.26. The molecule has 1 aromatic rings. The van der Waals surface area contributed by atoms with Gasteiger partial charge < -0.3 is 5.11 Å². The smallest absolute Gasteiger partial charge is 0.335 e. The van der Waals surface area contributed by atoms with Crippen molar-refractivity contribution in [3.8, 4) is 5.75 Å². The maximum atomic E-state index is 12.5. The van der Waals surface area contributed by atoms with Gasteiger partial charge in [-0.15, -0.1) is 0 Å². The van der Waals surface area contributed by atoms with Gasteiger partial charge >= 0.3 is 5.97 Å². The number of benzene rings is 1. The Bertz CT molecular complexity index is 312. The molecule has 1 aromatic carbocycles. The van der Waals surface area contributed by atoms with Crippen LogP contribution in [0.5, 0.6) is 5.75 Å². The molecule has 0 saturated heterocycles. The molecule has 0 fully saturated rings. The number of carbonyl (C=O) groups is 1. The zero-order valence-corrected chi connectivity index (χ0v) is 5.75. The molecule has 1 N–H and O–H groups in total. The second-order valence-electron chi connectivity index (χ2n) is 2.03. The van der Waals surface area contributed by atoms with E-state index in [0.29, 0.717) is 0 Å². The van der Waals surface area contributed by atoms with Gasteiger partial charge in [0.2, 0.25) is 5.75 Å². The van der Waals surface area contributed by atoms with E-state index in [2.05, 4.69) is 4.94 Å². The molecular formula is C7H4F2O3. The zero-order chi connectivity index (χ0) is 9.14. The summed E-state index contributed by atoms with van der Waals surface area (Å²) in [6, 6.07) is 2.59. The summed E-state index contributed by atoms with van der Waals surface area (Å²) in [5.74, 6) is -2.94. The van der Waals surface area contributed by atoms with Crippen molar-refractivity contribution >= 4 is 5.97 Å². The number of aromatic carboxylic acids is 1. The average Bonchev–Trinajstić information content (AvgIpc) is 2.05. The summed E-state index contributed by atoms with van der Waals surface area (Å²) in [6.45, 7) is 0. The maximum Gasteiger partial charge on any atom is 0.335 e. The molecule has 0 spiro atoms. The van der Waals surface area contributed by atoms with Gasteiger partial charge in [-0.25, -0.2) is 9.18 Å². The lowest BCUT2D eigenvalue weighted by atomic mass is 10.2. The number of carboxylic acids is 1. The monoisotopic (exact) mass is 174 g/mol. The van der Waals surface area contributed by atoms with Crippen molar-refractivity contribution in [1.82, 2.24) is 0 Å². The Morgan fingerprint density at radius 3 is 2.67 bits per heavy atom. The van der Waals surface area contributed by atoms with Crippen LogP contribution >= 0.6 is 0 Å². The first-order valence-electron chi connectivity index (χ1n) is 2.96. The fourth-order valence-electron chi connectivity index (χ4n) is 0.696. The van der Waals surface area contributed by atoms with Gasteiger partial charge in [-0.2, -0.15) is 0 Å². The molecule has 3 nitrogen and oxygen atoms in total. The van der Waals surface area contributed by atoms with Crippen LogP contribution in [0.15, 0.2) is 18.2 Å². The van der Waals surface area contributed by atoms with E-state index in [1.807, 2.05) is 0 Å². The Morgan fingerprint density at radius 1 is 1.50 bits per heavy atom. The number of halogens is 2. The van der Waals surface area contributed by atoms with E-state index >= 15 is 0 Å². The molecule has 0 radical (unpaired) electrons. The number of rotatable bonds is 2. The minimum atomic E-state index is -1.27. The summed E-state index contributed by atoms with van der Waals surface area (Å²) in [4.78, 5) is 13.4. The Hall–Kier alpha value is -1.65. The molecule has 12 heavy (non-hydrogen) atoms. The molecule has 0 aliphatic carbocycles. The summed E-state index contributed by atoms with van der Waals surface area (Å²) in [7, 11) is 0. The van der Waals surface area contributed by atoms with Gasteiger partial charge in [-0.1, -0.05) is 0 Å². The van der Waals surface area contributed by atoms with Gasteiger partial charge in [0, 0.05) is 10.6 Å². The van der Waals surface area contributed by atoms with Crippen molar-refractivity contribution in [2.24, 2.45) is 0 Å². The van der Waals surface area contributed by atoms with Crippen molar-refractivity contribution in [2.45, 2.75) is 0 Å². The largest absolute Gasteiger partial charge is 0.478 e. The van der Waals surface area contributed by atoms with Gasteiger partial charge in [0.15, 0.2) is 5.82 Å². The predicted molar refractivity (Wildman–Crippen MR) is 35.1 cm³/mol. The summed E-state index contributed by atoms with van der Waals surface area (Å²) < 4.78 is 24.0. The predicted octanol–water partition coefficient (Wildman–Crippen LogP) is 1.79. The van der Waals surface area contributed by atoms with Crippen LogP contribution in [0, 0.1) is 5.82 Å². The van der Waals surface area contributed by atoms with Gasteiger partial charge in [0.1, 0.15) is 0 Å². The molecule has 0 saturated carbocycles. The van der Waals surface area contributed by atoms with Crippen molar-refractivity contribution in [3.05, 3.63) is 29.6 Å². The van der Waals surface area contributed by atoms with Crippen LogP contribution in [0.4, 0.5) is 8.92 Å². The quantitative estimate of drug-likeness (QED) is 0.743. The van der Waals surface area contributed by atoms with E-state index < -0.39 is 17.5 Å². The van der Waals surface area contributed by atoms with E-state index in [0.717, 1.165) is 18.2 Å². The molecule has 0 aromatic heterocycles. The van der Waals surface area contributed by atoms with Gasteiger partial charge in [-0.3, -0.25) is 4.94 Å². The molecule has 0 unspecified atom stereocenters. The SMILES string of the molecule is O=C(O)c1ccc(F)c(OF)c1. The second-order valence-corrected chi connectivity index (χ2v) is 2.03. The Morgan fingerprint density at radius 2 is 2.17 bits per heavy atom. The van der Waals surface area contributed by atoms with E-state index in [1.165, 1.54) is 0 Å². The van der Waals surface area contributed by atoms with Gasteiger partial charge in [0.05, 0.1) is 5.56 Å². The molecule has 0 atom stereocenters. The molecule has 5 heteroatoms. The summed E-state index contributed by atoms with van der Waals surface area (Å²) in [5, 5.41) is 8.40. The maximum absolute atomic E-state index is 12.5. The van der Waals surface area contributed by atoms with Crippen molar-refractivity contribution in [2.75, 3.05) is 0 Å².